The van der Waals surface area contributed by atoms with Crippen molar-refractivity contribution in [1.82, 2.24) is 9.78 Å². The van der Waals surface area contributed by atoms with Crippen LogP contribution in [0.2, 0.25) is 0 Å². The molecule has 1 aliphatic heterocycles. The van der Waals surface area contributed by atoms with Gasteiger partial charge in [0.2, 0.25) is 0 Å². The van der Waals surface area contributed by atoms with Crippen molar-refractivity contribution in [1.29, 1.82) is 0 Å². The maximum Gasteiger partial charge on any atom is 0.101 e. The molecule has 0 unspecified atom stereocenters. The maximum absolute atomic E-state index is 5.93. The molecule has 1 aromatic heterocycles. The van der Waals surface area contributed by atoms with Crippen LogP contribution in [0, 0.1) is 6.92 Å². The van der Waals surface area contributed by atoms with Crippen molar-refractivity contribution in [3.63, 3.8) is 0 Å². The van der Waals surface area contributed by atoms with E-state index in [1.807, 2.05) is 24.9 Å². The van der Waals surface area contributed by atoms with Gasteiger partial charge in [-0.2, -0.15) is 5.10 Å². The molecule has 2 rings (SSSR count). The van der Waals surface area contributed by atoms with E-state index in [1.165, 1.54) is 0 Å². The van der Waals surface area contributed by atoms with Crippen LogP contribution in [-0.2, 0) is 11.8 Å². The standard InChI is InChI=1S/C9H15N3O/c1-6-7(5-11-12(6)2)9-8(10)3-4-13-9/h5,8-9H,3-4,10H2,1-2H3/t8-,9-/m0/s1. The molecule has 13 heavy (non-hydrogen) atoms. The van der Waals surface area contributed by atoms with Gasteiger partial charge in [-0.25, -0.2) is 0 Å². The molecule has 0 aliphatic carbocycles. The van der Waals surface area contributed by atoms with Gasteiger partial charge in [-0.3, -0.25) is 4.68 Å². The smallest absolute Gasteiger partial charge is 0.101 e. The quantitative estimate of drug-likeness (QED) is 0.687. The Bertz CT molecular complexity index is 308. The van der Waals surface area contributed by atoms with Crippen molar-refractivity contribution < 1.29 is 4.74 Å². The first-order valence-electron chi connectivity index (χ1n) is 4.56. The minimum atomic E-state index is 0.0497. The van der Waals surface area contributed by atoms with Crippen molar-refractivity contribution >= 4 is 0 Å². The topological polar surface area (TPSA) is 53.1 Å². The zero-order valence-corrected chi connectivity index (χ0v) is 8.03. The van der Waals surface area contributed by atoms with Crippen molar-refractivity contribution in [3.8, 4) is 0 Å². The highest BCUT2D eigenvalue weighted by atomic mass is 16.5. The summed E-state index contributed by atoms with van der Waals surface area (Å²) in [6.07, 6.45) is 2.85. The number of nitrogens with two attached hydrogens (primary N) is 1. The molecule has 0 amide bonds. The Morgan fingerprint density at radius 3 is 2.92 bits per heavy atom. The molecule has 0 radical (unpaired) electrons. The third-order valence-electron chi connectivity index (χ3n) is 2.72. The van der Waals surface area contributed by atoms with Gasteiger partial charge in [-0.1, -0.05) is 0 Å². The molecule has 72 valence electrons. The maximum atomic E-state index is 5.93. The zero-order valence-electron chi connectivity index (χ0n) is 8.03. The Hall–Kier alpha value is -0.870. The lowest BCUT2D eigenvalue weighted by molar-refractivity contribution is 0.104. The summed E-state index contributed by atoms with van der Waals surface area (Å²) in [5, 5.41) is 4.18. The van der Waals surface area contributed by atoms with E-state index in [0.29, 0.717) is 0 Å². The third kappa shape index (κ3) is 1.36. The van der Waals surface area contributed by atoms with Gasteiger partial charge in [0.25, 0.3) is 0 Å². The summed E-state index contributed by atoms with van der Waals surface area (Å²) in [5.41, 5.74) is 8.20. The molecule has 0 spiro atoms. The first-order valence-corrected chi connectivity index (χ1v) is 4.56. The van der Waals surface area contributed by atoms with Gasteiger partial charge in [0.1, 0.15) is 6.10 Å². The van der Waals surface area contributed by atoms with Crippen LogP contribution in [0.15, 0.2) is 6.20 Å². The molecule has 1 fully saturated rings. The molecule has 0 aromatic carbocycles. The molecule has 4 nitrogen and oxygen atoms in total. The monoisotopic (exact) mass is 181 g/mol. The molecule has 0 saturated carbocycles. The number of aromatic nitrogens is 2. The normalized spacial score (nSPS) is 28.2. The Labute approximate surface area is 77.7 Å². The fourth-order valence-corrected chi connectivity index (χ4v) is 1.72. The van der Waals surface area contributed by atoms with Crippen LogP contribution in [0.1, 0.15) is 23.8 Å². The van der Waals surface area contributed by atoms with E-state index in [9.17, 15) is 0 Å². The first-order chi connectivity index (χ1) is 6.20. The lowest BCUT2D eigenvalue weighted by Crippen LogP contribution is -2.23. The molecule has 2 N–H and O–H groups in total. The number of hydrogen-bond donors (Lipinski definition) is 1. The largest absolute Gasteiger partial charge is 0.372 e. The van der Waals surface area contributed by atoms with Crippen LogP contribution in [0.25, 0.3) is 0 Å². The second-order valence-electron chi connectivity index (χ2n) is 3.55. The predicted octanol–water partition coefficient (Wildman–Crippen LogP) is 0.517. The molecule has 2 heterocycles. The molecular weight excluding hydrogens is 166 g/mol. The Morgan fingerprint density at radius 1 is 1.69 bits per heavy atom. The Morgan fingerprint density at radius 2 is 2.46 bits per heavy atom. The summed E-state index contributed by atoms with van der Waals surface area (Å²) in [7, 11) is 1.93. The number of ether oxygens (including phenoxy) is 1. The second-order valence-corrected chi connectivity index (χ2v) is 3.55. The van der Waals surface area contributed by atoms with Gasteiger partial charge in [-0.15, -0.1) is 0 Å². The number of aryl methyl sites for hydroxylation is 1. The molecule has 1 aromatic rings. The summed E-state index contributed by atoms with van der Waals surface area (Å²) < 4.78 is 7.42. The predicted molar refractivity (Wildman–Crippen MR) is 49.2 cm³/mol. The van der Waals surface area contributed by atoms with Gasteiger partial charge in [0.05, 0.1) is 6.20 Å². The molecule has 4 heteroatoms. The van der Waals surface area contributed by atoms with E-state index in [2.05, 4.69) is 5.10 Å². The van der Waals surface area contributed by atoms with E-state index in [4.69, 9.17) is 10.5 Å². The second kappa shape index (κ2) is 3.12. The number of hydrogen-bond acceptors (Lipinski definition) is 3. The van der Waals surface area contributed by atoms with Crippen molar-refractivity contribution in [3.05, 3.63) is 17.5 Å². The Kier molecular flexibility index (Phi) is 2.09. The fourth-order valence-electron chi connectivity index (χ4n) is 1.72. The van der Waals surface area contributed by atoms with Gasteiger partial charge in [0, 0.05) is 31.0 Å². The van der Waals surface area contributed by atoms with E-state index in [0.717, 1.165) is 24.3 Å². The lowest BCUT2D eigenvalue weighted by Gasteiger charge is -2.13. The first kappa shape index (κ1) is 8.72. The van der Waals surface area contributed by atoms with Gasteiger partial charge in [0.15, 0.2) is 0 Å². The van der Waals surface area contributed by atoms with Crippen LogP contribution in [0.3, 0.4) is 0 Å². The van der Waals surface area contributed by atoms with Crippen molar-refractivity contribution in [2.75, 3.05) is 6.61 Å². The summed E-state index contributed by atoms with van der Waals surface area (Å²) >= 11 is 0. The van der Waals surface area contributed by atoms with E-state index < -0.39 is 0 Å². The Balaban J connectivity index is 2.29. The highest BCUT2D eigenvalue weighted by Gasteiger charge is 2.28. The van der Waals surface area contributed by atoms with Crippen LogP contribution in [0.4, 0.5) is 0 Å². The van der Waals surface area contributed by atoms with Crippen molar-refractivity contribution in [2.45, 2.75) is 25.5 Å². The summed E-state index contributed by atoms with van der Waals surface area (Å²) in [4.78, 5) is 0. The molecule has 2 atom stereocenters. The minimum absolute atomic E-state index is 0.0497. The zero-order chi connectivity index (χ0) is 9.42. The average Bonchev–Trinajstić information content (AvgIpc) is 2.62. The molecular formula is C9H15N3O. The fraction of sp³-hybridized carbons (Fsp3) is 0.667. The number of nitrogens with zero attached hydrogens (tertiary/aromatic N) is 2. The van der Waals surface area contributed by atoms with Crippen LogP contribution >= 0.6 is 0 Å². The van der Waals surface area contributed by atoms with E-state index in [1.54, 1.807) is 0 Å². The van der Waals surface area contributed by atoms with E-state index >= 15 is 0 Å². The van der Waals surface area contributed by atoms with Crippen LogP contribution in [-0.4, -0.2) is 22.4 Å². The van der Waals surface area contributed by atoms with Crippen LogP contribution in [0.5, 0.6) is 0 Å². The highest BCUT2D eigenvalue weighted by molar-refractivity contribution is 5.21. The molecule has 1 aliphatic rings. The SMILES string of the molecule is Cc1c([C@@H]2OCC[C@@H]2N)cnn1C. The van der Waals surface area contributed by atoms with Crippen molar-refractivity contribution in [2.24, 2.45) is 12.8 Å². The average molecular weight is 181 g/mol. The summed E-state index contributed by atoms with van der Waals surface area (Å²) in [6.45, 7) is 2.80. The minimum Gasteiger partial charge on any atom is -0.372 e. The van der Waals surface area contributed by atoms with E-state index in [-0.39, 0.29) is 12.1 Å². The molecule has 0 bridgehead atoms. The summed E-state index contributed by atoms with van der Waals surface area (Å²) in [5.74, 6) is 0. The molecule has 1 saturated heterocycles. The number of rotatable bonds is 1. The van der Waals surface area contributed by atoms with Gasteiger partial charge >= 0.3 is 0 Å². The highest BCUT2D eigenvalue weighted by Crippen LogP contribution is 2.29. The van der Waals surface area contributed by atoms with Gasteiger partial charge in [-0.05, 0) is 13.3 Å². The lowest BCUT2D eigenvalue weighted by atomic mass is 10.0. The van der Waals surface area contributed by atoms with Crippen LogP contribution < -0.4 is 5.73 Å². The van der Waals surface area contributed by atoms with Gasteiger partial charge < -0.3 is 10.5 Å². The summed E-state index contributed by atoms with van der Waals surface area (Å²) in [6, 6.07) is 0.128. The third-order valence-corrected chi connectivity index (χ3v) is 2.72.